The number of fused-ring (bicyclic) bond motifs is 1. The van der Waals surface area contributed by atoms with Crippen LogP contribution in [-0.4, -0.2) is 38.0 Å². The van der Waals surface area contributed by atoms with Gasteiger partial charge in [0.05, 0.1) is 18.9 Å². The third-order valence-electron chi connectivity index (χ3n) is 3.82. The maximum atomic E-state index is 12.1. The number of ether oxygens (including phenoxy) is 3. The normalized spacial score (nSPS) is 13.7. The van der Waals surface area contributed by atoms with Gasteiger partial charge in [0.25, 0.3) is 0 Å². The van der Waals surface area contributed by atoms with E-state index in [4.69, 9.17) is 25.8 Å². The number of aliphatic hydroxyl groups is 1. The standard InChI is InChI=1S/C18H19ClN2O5/c1-24-15-5-3-12(19)9-13(15)21-18(23)20-10-14(22)11-2-4-16-17(8-11)26-7-6-25-16/h2-5,8-9,14,22H,6-7,10H2,1H3,(H2,20,21,23). The molecule has 1 heterocycles. The van der Waals surface area contributed by atoms with Gasteiger partial charge in [-0.3, -0.25) is 0 Å². The van der Waals surface area contributed by atoms with Crippen LogP contribution in [0.5, 0.6) is 17.2 Å². The monoisotopic (exact) mass is 378 g/mol. The first-order valence-corrected chi connectivity index (χ1v) is 8.40. The highest BCUT2D eigenvalue weighted by atomic mass is 35.5. The van der Waals surface area contributed by atoms with Crippen molar-refractivity contribution in [3.63, 3.8) is 0 Å². The largest absolute Gasteiger partial charge is 0.495 e. The van der Waals surface area contributed by atoms with Gasteiger partial charge in [-0.25, -0.2) is 4.79 Å². The lowest BCUT2D eigenvalue weighted by Gasteiger charge is -2.20. The second-order valence-corrected chi connectivity index (χ2v) is 6.03. The number of carbonyl (C=O) groups excluding carboxylic acids is 1. The summed E-state index contributed by atoms with van der Waals surface area (Å²) in [4.78, 5) is 12.1. The van der Waals surface area contributed by atoms with Crippen LogP contribution in [0.1, 0.15) is 11.7 Å². The molecule has 0 fully saturated rings. The summed E-state index contributed by atoms with van der Waals surface area (Å²) >= 11 is 5.93. The van der Waals surface area contributed by atoms with Gasteiger partial charge in [-0.15, -0.1) is 0 Å². The molecule has 1 aliphatic heterocycles. The van der Waals surface area contributed by atoms with Crippen LogP contribution in [0.25, 0.3) is 0 Å². The molecule has 0 radical (unpaired) electrons. The topological polar surface area (TPSA) is 89.1 Å². The van der Waals surface area contributed by atoms with Crippen molar-refractivity contribution >= 4 is 23.3 Å². The van der Waals surface area contributed by atoms with Crippen LogP contribution in [0, 0.1) is 0 Å². The highest BCUT2D eigenvalue weighted by Gasteiger charge is 2.16. The highest BCUT2D eigenvalue weighted by molar-refractivity contribution is 6.31. The molecular weight excluding hydrogens is 360 g/mol. The van der Waals surface area contributed by atoms with Crippen LogP contribution in [0.4, 0.5) is 10.5 Å². The van der Waals surface area contributed by atoms with Gasteiger partial charge in [-0.2, -0.15) is 0 Å². The van der Waals surface area contributed by atoms with Gasteiger partial charge in [-0.1, -0.05) is 17.7 Å². The van der Waals surface area contributed by atoms with Crippen molar-refractivity contribution in [3.05, 3.63) is 47.0 Å². The van der Waals surface area contributed by atoms with E-state index in [1.807, 2.05) is 0 Å². The van der Waals surface area contributed by atoms with Gasteiger partial charge in [0, 0.05) is 11.6 Å². The first-order chi connectivity index (χ1) is 12.6. The molecule has 1 aliphatic rings. The number of amides is 2. The summed E-state index contributed by atoms with van der Waals surface area (Å²) in [6.45, 7) is 0.993. The molecule has 0 saturated heterocycles. The molecule has 0 aliphatic carbocycles. The Morgan fingerprint density at radius 2 is 2.00 bits per heavy atom. The Balaban J connectivity index is 1.58. The van der Waals surface area contributed by atoms with Crippen molar-refractivity contribution in [1.82, 2.24) is 5.32 Å². The lowest BCUT2D eigenvalue weighted by Crippen LogP contribution is -2.32. The van der Waals surface area contributed by atoms with Crippen LogP contribution >= 0.6 is 11.6 Å². The minimum absolute atomic E-state index is 0.0222. The zero-order valence-corrected chi connectivity index (χ0v) is 14.9. The fraction of sp³-hybridized carbons (Fsp3) is 0.278. The van der Waals surface area contributed by atoms with Crippen LogP contribution in [0.3, 0.4) is 0 Å². The zero-order valence-electron chi connectivity index (χ0n) is 14.1. The van der Waals surface area contributed by atoms with Crippen molar-refractivity contribution in [2.75, 3.05) is 32.2 Å². The van der Waals surface area contributed by atoms with Crippen LogP contribution in [0.2, 0.25) is 5.02 Å². The number of methoxy groups -OCH3 is 1. The molecule has 138 valence electrons. The number of aliphatic hydroxyl groups excluding tert-OH is 1. The summed E-state index contributed by atoms with van der Waals surface area (Å²) in [5, 5.41) is 16.0. The number of carbonyl (C=O) groups is 1. The third-order valence-corrected chi connectivity index (χ3v) is 4.05. The van der Waals surface area contributed by atoms with E-state index in [1.165, 1.54) is 7.11 Å². The Bertz CT molecular complexity index is 799. The Hall–Kier alpha value is -2.64. The zero-order chi connectivity index (χ0) is 18.5. The molecule has 3 rings (SSSR count). The minimum atomic E-state index is -0.891. The molecule has 1 unspecified atom stereocenters. The van der Waals surface area contributed by atoms with Crippen molar-refractivity contribution < 1.29 is 24.1 Å². The van der Waals surface area contributed by atoms with Crippen molar-refractivity contribution in [3.8, 4) is 17.2 Å². The van der Waals surface area contributed by atoms with Crippen molar-refractivity contribution in [1.29, 1.82) is 0 Å². The van der Waals surface area contributed by atoms with E-state index >= 15 is 0 Å². The molecule has 7 nitrogen and oxygen atoms in total. The summed E-state index contributed by atoms with van der Waals surface area (Å²) in [6.07, 6.45) is -0.891. The highest BCUT2D eigenvalue weighted by Crippen LogP contribution is 2.32. The third kappa shape index (κ3) is 4.30. The molecule has 0 aromatic heterocycles. The minimum Gasteiger partial charge on any atom is -0.495 e. The van der Waals surface area contributed by atoms with Gasteiger partial charge < -0.3 is 30.0 Å². The van der Waals surface area contributed by atoms with E-state index in [1.54, 1.807) is 36.4 Å². The number of halogens is 1. The smallest absolute Gasteiger partial charge is 0.319 e. The summed E-state index contributed by atoms with van der Waals surface area (Å²) in [6, 6.07) is 9.59. The first kappa shape index (κ1) is 18.2. The van der Waals surface area contributed by atoms with Gasteiger partial charge in [0.2, 0.25) is 0 Å². The fourth-order valence-electron chi connectivity index (χ4n) is 2.52. The van der Waals surface area contributed by atoms with Crippen molar-refractivity contribution in [2.45, 2.75) is 6.10 Å². The van der Waals surface area contributed by atoms with E-state index in [-0.39, 0.29) is 6.54 Å². The second-order valence-electron chi connectivity index (χ2n) is 5.60. The fourth-order valence-corrected chi connectivity index (χ4v) is 2.69. The molecule has 2 aromatic carbocycles. The summed E-state index contributed by atoms with van der Waals surface area (Å²) in [7, 11) is 1.50. The van der Waals surface area contributed by atoms with Crippen LogP contribution < -0.4 is 24.8 Å². The molecule has 1 atom stereocenters. The molecule has 26 heavy (non-hydrogen) atoms. The Morgan fingerprint density at radius 3 is 2.77 bits per heavy atom. The van der Waals surface area contributed by atoms with Crippen molar-refractivity contribution in [2.24, 2.45) is 0 Å². The summed E-state index contributed by atoms with van der Waals surface area (Å²) < 4.78 is 16.1. The number of anilines is 1. The SMILES string of the molecule is COc1ccc(Cl)cc1NC(=O)NCC(O)c1ccc2c(c1)OCCO2. The predicted octanol–water partition coefficient (Wildman–Crippen LogP) is 2.97. The number of urea groups is 1. The molecule has 0 saturated carbocycles. The van der Waals surface area contributed by atoms with Gasteiger partial charge >= 0.3 is 6.03 Å². The lowest BCUT2D eigenvalue weighted by atomic mass is 10.1. The maximum absolute atomic E-state index is 12.1. The summed E-state index contributed by atoms with van der Waals surface area (Å²) in [5.74, 6) is 1.71. The average molecular weight is 379 g/mol. The molecule has 0 spiro atoms. The quantitative estimate of drug-likeness (QED) is 0.744. The lowest BCUT2D eigenvalue weighted by molar-refractivity contribution is 0.163. The average Bonchev–Trinajstić information content (AvgIpc) is 2.66. The van der Waals surface area contributed by atoms with E-state index in [9.17, 15) is 9.90 Å². The number of nitrogens with one attached hydrogen (secondary N) is 2. The second kappa shape index (κ2) is 8.16. The molecule has 2 amide bonds. The van der Waals surface area contributed by atoms with Gasteiger partial charge in [-0.05, 0) is 35.9 Å². The number of hydrogen-bond donors (Lipinski definition) is 3. The maximum Gasteiger partial charge on any atom is 0.319 e. The van der Waals surface area contributed by atoms with Gasteiger partial charge in [0.1, 0.15) is 19.0 Å². The number of hydrogen-bond acceptors (Lipinski definition) is 5. The molecule has 8 heteroatoms. The molecule has 0 bridgehead atoms. The van der Waals surface area contributed by atoms with E-state index in [0.29, 0.717) is 46.7 Å². The van der Waals surface area contributed by atoms with E-state index in [2.05, 4.69) is 10.6 Å². The van der Waals surface area contributed by atoms with E-state index < -0.39 is 12.1 Å². The Labute approximate surface area is 155 Å². The number of rotatable bonds is 5. The molecule has 3 N–H and O–H groups in total. The first-order valence-electron chi connectivity index (χ1n) is 8.03. The Kier molecular flexibility index (Phi) is 5.70. The molecular formula is C18H19ClN2O5. The number of benzene rings is 2. The van der Waals surface area contributed by atoms with Gasteiger partial charge in [0.15, 0.2) is 11.5 Å². The Morgan fingerprint density at radius 1 is 1.23 bits per heavy atom. The predicted molar refractivity (Wildman–Crippen MR) is 97.4 cm³/mol. The summed E-state index contributed by atoms with van der Waals surface area (Å²) in [5.41, 5.74) is 1.06. The molecule has 2 aromatic rings. The van der Waals surface area contributed by atoms with Crippen LogP contribution in [0.15, 0.2) is 36.4 Å². The van der Waals surface area contributed by atoms with E-state index in [0.717, 1.165) is 0 Å². The van der Waals surface area contributed by atoms with Crippen LogP contribution in [-0.2, 0) is 0 Å².